The molecule has 1 aromatic carbocycles. The third-order valence-corrected chi connectivity index (χ3v) is 6.87. The van der Waals surface area contributed by atoms with Gasteiger partial charge >= 0.3 is 0 Å². The first-order valence-corrected chi connectivity index (χ1v) is 10.7. The van der Waals surface area contributed by atoms with Gasteiger partial charge in [-0.05, 0) is 62.4 Å². The van der Waals surface area contributed by atoms with Gasteiger partial charge in [-0.25, -0.2) is 4.68 Å². The predicted molar refractivity (Wildman–Crippen MR) is 108 cm³/mol. The molecule has 2 aromatic heterocycles. The van der Waals surface area contributed by atoms with Crippen molar-refractivity contribution in [2.24, 2.45) is 0 Å². The quantitative estimate of drug-likeness (QED) is 0.672. The molecule has 3 aliphatic rings. The largest absolute Gasteiger partial charge is 0.378 e. The molecule has 6 nitrogen and oxygen atoms in total. The van der Waals surface area contributed by atoms with Gasteiger partial charge in [-0.2, -0.15) is 10.2 Å². The molecule has 0 bridgehead atoms. The van der Waals surface area contributed by atoms with Crippen LogP contribution >= 0.6 is 11.6 Å². The zero-order valence-corrected chi connectivity index (χ0v) is 16.6. The van der Waals surface area contributed by atoms with E-state index in [4.69, 9.17) is 16.3 Å². The van der Waals surface area contributed by atoms with Gasteiger partial charge in [-0.15, -0.1) is 0 Å². The van der Waals surface area contributed by atoms with Crippen molar-refractivity contribution in [2.45, 2.75) is 43.7 Å². The van der Waals surface area contributed by atoms with Crippen molar-refractivity contribution in [1.29, 1.82) is 0 Å². The van der Waals surface area contributed by atoms with Gasteiger partial charge in [-0.3, -0.25) is 9.58 Å². The number of hydrogen-bond acceptors (Lipinski definition) is 4. The first-order chi connectivity index (χ1) is 13.8. The Kier molecular flexibility index (Phi) is 4.00. The van der Waals surface area contributed by atoms with E-state index in [0.29, 0.717) is 18.0 Å². The van der Waals surface area contributed by atoms with Crippen LogP contribution in [0.5, 0.6) is 0 Å². The number of halogens is 1. The van der Waals surface area contributed by atoms with Gasteiger partial charge < -0.3 is 4.74 Å². The van der Waals surface area contributed by atoms with E-state index in [1.165, 1.54) is 18.4 Å². The van der Waals surface area contributed by atoms with Crippen LogP contribution in [0.2, 0.25) is 5.02 Å². The van der Waals surface area contributed by atoms with E-state index in [-0.39, 0.29) is 0 Å². The van der Waals surface area contributed by atoms with Gasteiger partial charge in [0.25, 0.3) is 0 Å². The molecule has 28 heavy (non-hydrogen) atoms. The fraction of sp³-hybridized carbons (Fsp3) is 0.524. The average molecular weight is 398 g/mol. The van der Waals surface area contributed by atoms with E-state index in [1.807, 2.05) is 17.1 Å². The summed E-state index contributed by atoms with van der Waals surface area (Å²) < 4.78 is 9.43. The van der Waals surface area contributed by atoms with Gasteiger partial charge in [0.1, 0.15) is 5.69 Å². The topological polar surface area (TPSA) is 48.1 Å². The summed E-state index contributed by atoms with van der Waals surface area (Å²) in [7, 11) is 0. The zero-order valence-electron chi connectivity index (χ0n) is 15.8. The van der Waals surface area contributed by atoms with E-state index in [0.717, 1.165) is 60.8 Å². The smallest absolute Gasteiger partial charge is 0.103 e. The van der Waals surface area contributed by atoms with E-state index in [9.17, 15) is 0 Å². The zero-order chi connectivity index (χ0) is 18.7. The Labute approximate surface area is 169 Å². The molecule has 2 aliphatic heterocycles. The van der Waals surface area contributed by atoms with Crippen molar-refractivity contribution in [3.8, 4) is 5.69 Å². The van der Waals surface area contributed by atoms with Crippen molar-refractivity contribution in [3.63, 3.8) is 0 Å². The molecule has 2 saturated heterocycles. The molecule has 3 fully saturated rings. The molecule has 0 N–H and O–H groups in total. The molecule has 0 amide bonds. The highest BCUT2D eigenvalue weighted by Crippen LogP contribution is 2.37. The molecule has 3 aromatic rings. The van der Waals surface area contributed by atoms with Gasteiger partial charge in [0, 0.05) is 10.4 Å². The van der Waals surface area contributed by atoms with Crippen molar-refractivity contribution in [2.75, 3.05) is 26.3 Å². The summed E-state index contributed by atoms with van der Waals surface area (Å²) in [6.45, 7) is 4.04. The highest BCUT2D eigenvalue weighted by Gasteiger charge is 2.31. The summed E-state index contributed by atoms with van der Waals surface area (Å²) in [4.78, 5) is 2.57. The summed E-state index contributed by atoms with van der Waals surface area (Å²) in [5.41, 5.74) is 3.40. The lowest BCUT2D eigenvalue weighted by Crippen LogP contribution is -2.51. The second kappa shape index (κ2) is 6.58. The highest BCUT2D eigenvalue weighted by molar-refractivity contribution is 6.32. The number of piperidine rings is 1. The van der Waals surface area contributed by atoms with Gasteiger partial charge in [-0.1, -0.05) is 11.6 Å². The minimum atomic E-state index is 0.506. The molecule has 146 valence electrons. The minimum absolute atomic E-state index is 0.506. The van der Waals surface area contributed by atoms with E-state index >= 15 is 0 Å². The number of aromatic nitrogens is 4. The summed E-state index contributed by atoms with van der Waals surface area (Å²) in [6.07, 6.45) is 10.7. The standard InChI is InChI=1S/C21H24ClN5O/c22-20-7-15-9-24-27(17-10-23-26(11-17)16-1-2-16)21(15)8-19(20)14-3-5-25(6-4-14)18-12-28-13-18/h7-11,14,16,18H,1-6,12-13H2. The third kappa shape index (κ3) is 2.86. The van der Waals surface area contributed by atoms with E-state index in [1.54, 1.807) is 0 Å². The molecule has 0 unspecified atom stereocenters. The molecule has 6 rings (SSSR count). The maximum Gasteiger partial charge on any atom is 0.103 e. The number of nitrogens with zero attached hydrogens (tertiary/aromatic N) is 5. The van der Waals surface area contributed by atoms with Crippen molar-refractivity contribution < 1.29 is 4.74 Å². The third-order valence-electron chi connectivity index (χ3n) is 6.55. The molecule has 4 heterocycles. The highest BCUT2D eigenvalue weighted by atomic mass is 35.5. The number of benzene rings is 1. The number of ether oxygens (including phenoxy) is 1. The predicted octanol–water partition coefficient (Wildman–Crippen LogP) is 3.79. The SMILES string of the molecule is Clc1cc2cnn(-c3cnn(C4CC4)c3)c2cc1C1CCN(C2COC2)CC1. The summed E-state index contributed by atoms with van der Waals surface area (Å²) in [5.74, 6) is 0.506. The monoisotopic (exact) mass is 397 g/mol. The average Bonchev–Trinajstić information content (AvgIpc) is 3.26. The van der Waals surface area contributed by atoms with Crippen molar-refractivity contribution in [3.05, 3.63) is 41.3 Å². The van der Waals surface area contributed by atoms with Gasteiger partial charge in [0.05, 0.1) is 49.4 Å². The normalized spacial score (nSPS) is 22.0. The van der Waals surface area contributed by atoms with Gasteiger partial charge in [0.15, 0.2) is 0 Å². The molecule has 0 radical (unpaired) electrons. The van der Waals surface area contributed by atoms with E-state index in [2.05, 4.69) is 38.1 Å². The van der Waals surface area contributed by atoms with Crippen LogP contribution in [0.3, 0.4) is 0 Å². The Hall–Kier alpha value is -1.89. The summed E-state index contributed by atoms with van der Waals surface area (Å²) in [6, 6.07) is 5.54. The minimum Gasteiger partial charge on any atom is -0.378 e. The fourth-order valence-corrected chi connectivity index (χ4v) is 4.89. The number of likely N-dealkylation sites (tertiary alicyclic amines) is 1. The lowest BCUT2D eigenvalue weighted by Gasteiger charge is -2.41. The van der Waals surface area contributed by atoms with Crippen LogP contribution in [0.1, 0.15) is 43.2 Å². The molecule has 1 aliphatic carbocycles. The Morgan fingerprint density at radius 2 is 1.79 bits per heavy atom. The molecule has 0 atom stereocenters. The van der Waals surface area contributed by atoms with Crippen molar-refractivity contribution >= 4 is 22.5 Å². The van der Waals surface area contributed by atoms with Crippen LogP contribution in [-0.2, 0) is 4.74 Å². The number of fused-ring (bicyclic) bond motifs is 1. The number of hydrogen-bond donors (Lipinski definition) is 0. The molecule has 0 spiro atoms. The van der Waals surface area contributed by atoms with E-state index < -0.39 is 0 Å². The van der Waals surface area contributed by atoms with Crippen LogP contribution in [0.15, 0.2) is 30.7 Å². The van der Waals surface area contributed by atoms with Crippen LogP contribution in [0.25, 0.3) is 16.6 Å². The first-order valence-electron chi connectivity index (χ1n) is 10.3. The summed E-state index contributed by atoms with van der Waals surface area (Å²) in [5, 5.41) is 11.1. The first kappa shape index (κ1) is 17.0. The maximum atomic E-state index is 6.70. The Morgan fingerprint density at radius 1 is 0.964 bits per heavy atom. The molecular formula is C21H24ClN5O. The lowest BCUT2D eigenvalue weighted by atomic mass is 9.88. The molecule has 7 heteroatoms. The number of rotatable bonds is 4. The Balaban J connectivity index is 1.30. The maximum absolute atomic E-state index is 6.70. The second-order valence-electron chi connectivity index (χ2n) is 8.40. The van der Waals surface area contributed by atoms with Crippen LogP contribution < -0.4 is 0 Å². The Morgan fingerprint density at radius 3 is 2.50 bits per heavy atom. The Bertz CT molecular complexity index is 1010. The van der Waals surface area contributed by atoms with Gasteiger partial charge in [0.2, 0.25) is 0 Å². The molecular weight excluding hydrogens is 374 g/mol. The van der Waals surface area contributed by atoms with Crippen LogP contribution in [0.4, 0.5) is 0 Å². The summed E-state index contributed by atoms with van der Waals surface area (Å²) >= 11 is 6.70. The molecule has 1 saturated carbocycles. The fourth-order valence-electron chi connectivity index (χ4n) is 4.57. The van der Waals surface area contributed by atoms with Crippen LogP contribution in [-0.4, -0.2) is 56.8 Å². The second-order valence-corrected chi connectivity index (χ2v) is 8.81. The lowest BCUT2D eigenvalue weighted by molar-refractivity contribution is -0.0712. The van der Waals surface area contributed by atoms with Crippen LogP contribution in [0, 0.1) is 0 Å². The van der Waals surface area contributed by atoms with Crippen molar-refractivity contribution in [1.82, 2.24) is 24.5 Å².